The van der Waals surface area contributed by atoms with Crippen molar-refractivity contribution in [2.45, 2.75) is 57.0 Å². The first kappa shape index (κ1) is 27.7. The Hall–Kier alpha value is -4.46. The van der Waals surface area contributed by atoms with E-state index in [1.54, 1.807) is 12.1 Å². The molecule has 1 aromatic heterocycles. The average molecular weight is 569 g/mol. The minimum absolute atomic E-state index is 0.258. The molecule has 1 amide bonds. The van der Waals surface area contributed by atoms with Crippen LogP contribution < -0.4 is 14.8 Å². The minimum Gasteiger partial charge on any atom is -0.491 e. The van der Waals surface area contributed by atoms with Crippen molar-refractivity contribution in [3.8, 4) is 22.8 Å². The SMILES string of the molecule is COC(=O)N[C@H](COc1ccc2c(c1)OCCn1c-2c(C2CCCCC2)c2ccc(C(=O)O)cc21)Cc1ccccc1. The fourth-order valence-electron chi connectivity index (χ4n) is 6.46. The second-order valence-corrected chi connectivity index (χ2v) is 11.1. The highest BCUT2D eigenvalue weighted by molar-refractivity contribution is 5.98. The number of hydrogen-bond donors (Lipinski definition) is 2. The van der Waals surface area contributed by atoms with Crippen LogP contribution in [-0.2, 0) is 17.7 Å². The van der Waals surface area contributed by atoms with Crippen LogP contribution in [0.5, 0.6) is 11.5 Å². The first-order chi connectivity index (χ1) is 20.5. The fourth-order valence-corrected chi connectivity index (χ4v) is 6.46. The number of carboxylic acids is 1. The van der Waals surface area contributed by atoms with Crippen molar-refractivity contribution in [1.82, 2.24) is 9.88 Å². The lowest BCUT2D eigenvalue weighted by Crippen LogP contribution is -2.40. The van der Waals surface area contributed by atoms with Gasteiger partial charge in [-0.3, -0.25) is 0 Å². The van der Waals surface area contributed by atoms with Crippen LogP contribution in [0, 0.1) is 0 Å². The third-order valence-electron chi connectivity index (χ3n) is 8.43. The average Bonchev–Trinajstić information content (AvgIpc) is 3.22. The molecular weight excluding hydrogens is 532 g/mol. The summed E-state index contributed by atoms with van der Waals surface area (Å²) in [6.45, 7) is 1.33. The van der Waals surface area contributed by atoms with Gasteiger partial charge in [-0.1, -0.05) is 55.7 Å². The van der Waals surface area contributed by atoms with Crippen molar-refractivity contribution in [2.24, 2.45) is 0 Å². The highest BCUT2D eigenvalue weighted by atomic mass is 16.5. The van der Waals surface area contributed by atoms with Crippen molar-refractivity contribution in [2.75, 3.05) is 20.3 Å². The molecule has 2 N–H and O–H groups in total. The molecule has 1 aliphatic heterocycles. The molecular formula is C34H36N2O6. The van der Waals surface area contributed by atoms with Crippen LogP contribution in [0.25, 0.3) is 22.2 Å². The number of carboxylic acid groups (broad SMARTS) is 1. The first-order valence-electron chi connectivity index (χ1n) is 14.7. The van der Waals surface area contributed by atoms with Gasteiger partial charge in [-0.15, -0.1) is 0 Å². The molecule has 0 saturated heterocycles. The minimum atomic E-state index is -0.925. The Bertz CT molecular complexity index is 1590. The Balaban J connectivity index is 1.34. The molecule has 2 heterocycles. The van der Waals surface area contributed by atoms with Crippen LogP contribution in [0.4, 0.5) is 4.79 Å². The number of amides is 1. The zero-order valence-electron chi connectivity index (χ0n) is 23.8. The summed E-state index contributed by atoms with van der Waals surface area (Å²) in [6.07, 6.45) is 6.00. The summed E-state index contributed by atoms with van der Waals surface area (Å²) in [5.41, 5.74) is 5.72. The molecule has 8 heteroatoms. The Morgan fingerprint density at radius 3 is 2.62 bits per heavy atom. The number of carbonyl (C=O) groups excluding carboxylic acids is 1. The van der Waals surface area contributed by atoms with Crippen LogP contribution in [-0.4, -0.2) is 48.1 Å². The zero-order valence-corrected chi connectivity index (χ0v) is 23.8. The molecule has 6 rings (SSSR count). The standard InChI is InChI=1S/C34H36N2O6/c1-40-34(39)35-25(18-22-8-4-2-5-9-22)21-42-26-13-15-28-30(20-26)41-17-16-36-29-19-24(33(37)38)12-14-27(29)31(32(28)36)23-10-6-3-7-11-23/h2,4-5,8-9,12-15,19-20,23,25H,3,6-7,10-11,16-18,21H2,1H3,(H,35,39)(H,37,38)/t25-/m0/s1. The third-order valence-corrected chi connectivity index (χ3v) is 8.43. The van der Waals surface area contributed by atoms with E-state index in [0.29, 0.717) is 31.2 Å². The van der Waals surface area contributed by atoms with Gasteiger partial charge in [-0.05, 0) is 60.6 Å². The van der Waals surface area contributed by atoms with Crippen molar-refractivity contribution < 1.29 is 28.9 Å². The van der Waals surface area contributed by atoms with Crippen LogP contribution >= 0.6 is 0 Å². The highest BCUT2D eigenvalue weighted by Crippen LogP contribution is 2.47. The lowest BCUT2D eigenvalue weighted by atomic mass is 9.81. The molecule has 4 aromatic rings. The van der Waals surface area contributed by atoms with Crippen LogP contribution in [0.2, 0.25) is 0 Å². The molecule has 3 aromatic carbocycles. The van der Waals surface area contributed by atoms with Gasteiger partial charge >= 0.3 is 12.1 Å². The second-order valence-electron chi connectivity index (χ2n) is 11.1. The molecule has 0 bridgehead atoms. The van der Waals surface area contributed by atoms with E-state index < -0.39 is 12.1 Å². The van der Waals surface area contributed by atoms with Crippen LogP contribution in [0.15, 0.2) is 66.7 Å². The summed E-state index contributed by atoms with van der Waals surface area (Å²) in [6, 6.07) is 21.1. The number of nitrogens with one attached hydrogen (secondary N) is 1. The van der Waals surface area contributed by atoms with Gasteiger partial charge in [0.15, 0.2) is 0 Å². The lowest BCUT2D eigenvalue weighted by molar-refractivity contribution is 0.0697. The van der Waals surface area contributed by atoms with E-state index in [2.05, 4.69) is 9.88 Å². The Labute approximate surface area is 245 Å². The Morgan fingerprint density at radius 1 is 1.05 bits per heavy atom. The maximum atomic E-state index is 12.0. The predicted molar refractivity (Wildman–Crippen MR) is 161 cm³/mol. The molecule has 2 aliphatic rings. The molecule has 1 atom stereocenters. The number of rotatable bonds is 8. The van der Waals surface area contributed by atoms with Crippen molar-refractivity contribution in [1.29, 1.82) is 0 Å². The second kappa shape index (κ2) is 12.2. The number of fused-ring (bicyclic) bond motifs is 5. The summed E-state index contributed by atoms with van der Waals surface area (Å²) >= 11 is 0. The molecule has 1 saturated carbocycles. The van der Waals surface area contributed by atoms with E-state index in [0.717, 1.165) is 46.3 Å². The quantitative estimate of drug-likeness (QED) is 0.243. The number of nitrogens with zero attached hydrogens (tertiary/aromatic N) is 1. The first-order valence-corrected chi connectivity index (χ1v) is 14.7. The number of aromatic carboxylic acids is 1. The van der Waals surface area contributed by atoms with Gasteiger partial charge in [0.25, 0.3) is 0 Å². The van der Waals surface area contributed by atoms with E-state index in [4.69, 9.17) is 14.2 Å². The molecule has 1 fully saturated rings. The Kier molecular flexibility index (Phi) is 8.04. The molecule has 218 valence electrons. The Morgan fingerprint density at radius 2 is 1.86 bits per heavy atom. The third kappa shape index (κ3) is 5.66. The fraction of sp³-hybridized carbons (Fsp3) is 0.353. The van der Waals surface area contributed by atoms with Crippen molar-refractivity contribution in [3.63, 3.8) is 0 Å². The molecule has 8 nitrogen and oxygen atoms in total. The van der Waals surface area contributed by atoms with E-state index in [9.17, 15) is 14.7 Å². The van der Waals surface area contributed by atoms with E-state index >= 15 is 0 Å². The van der Waals surface area contributed by atoms with Gasteiger partial charge in [-0.25, -0.2) is 9.59 Å². The van der Waals surface area contributed by atoms with Gasteiger partial charge in [0.05, 0.1) is 31.0 Å². The smallest absolute Gasteiger partial charge is 0.407 e. The summed E-state index contributed by atoms with van der Waals surface area (Å²) in [7, 11) is 1.35. The molecule has 0 spiro atoms. The number of benzene rings is 3. The number of carbonyl (C=O) groups is 2. The van der Waals surface area contributed by atoms with Gasteiger partial charge in [0, 0.05) is 22.5 Å². The molecule has 0 unspecified atom stereocenters. The normalized spacial score (nSPS) is 15.5. The number of aromatic nitrogens is 1. The predicted octanol–water partition coefficient (Wildman–Crippen LogP) is 6.79. The maximum absolute atomic E-state index is 12.0. The van der Waals surface area contributed by atoms with Gasteiger partial charge in [-0.2, -0.15) is 0 Å². The summed E-state index contributed by atoms with van der Waals surface area (Å²) in [5, 5.41) is 13.7. The van der Waals surface area contributed by atoms with E-state index in [1.807, 2.05) is 54.6 Å². The van der Waals surface area contributed by atoms with Crippen molar-refractivity contribution in [3.05, 3.63) is 83.4 Å². The van der Waals surface area contributed by atoms with Crippen LogP contribution in [0.3, 0.4) is 0 Å². The van der Waals surface area contributed by atoms with E-state index in [-0.39, 0.29) is 18.2 Å². The molecule has 1 aliphatic carbocycles. The van der Waals surface area contributed by atoms with Gasteiger partial charge in [0.2, 0.25) is 0 Å². The highest BCUT2D eigenvalue weighted by Gasteiger charge is 2.30. The summed E-state index contributed by atoms with van der Waals surface area (Å²) < 4.78 is 19.6. The van der Waals surface area contributed by atoms with Crippen molar-refractivity contribution >= 4 is 23.0 Å². The largest absolute Gasteiger partial charge is 0.491 e. The van der Waals surface area contributed by atoms with E-state index in [1.165, 1.54) is 31.9 Å². The number of alkyl carbamates (subject to hydrolysis) is 1. The number of ether oxygens (including phenoxy) is 3. The lowest BCUT2D eigenvalue weighted by Gasteiger charge is -2.24. The number of methoxy groups -OCH3 is 1. The topological polar surface area (TPSA) is 99.0 Å². The molecule has 0 radical (unpaired) electrons. The summed E-state index contributed by atoms with van der Waals surface area (Å²) in [5.74, 6) is 0.879. The van der Waals surface area contributed by atoms with Crippen LogP contribution in [0.1, 0.15) is 59.5 Å². The monoisotopic (exact) mass is 568 g/mol. The maximum Gasteiger partial charge on any atom is 0.407 e. The number of hydrogen-bond acceptors (Lipinski definition) is 5. The van der Waals surface area contributed by atoms with Gasteiger partial charge in [0.1, 0.15) is 24.7 Å². The zero-order chi connectivity index (χ0) is 29.1. The summed E-state index contributed by atoms with van der Waals surface area (Å²) in [4.78, 5) is 23.9. The van der Waals surface area contributed by atoms with Gasteiger partial charge < -0.3 is 29.2 Å². The molecule has 42 heavy (non-hydrogen) atoms.